The monoisotopic (exact) mass is 230 g/mol. The summed E-state index contributed by atoms with van der Waals surface area (Å²) in [5.74, 6) is -0.550. The van der Waals surface area contributed by atoms with E-state index in [2.05, 4.69) is 6.58 Å². The first-order valence-electron chi connectivity index (χ1n) is 4.21. The molecule has 0 bridgehead atoms. The lowest BCUT2D eigenvalue weighted by Gasteiger charge is -2.05. The molecular weight excluding hydrogens is 219 g/mol. The van der Waals surface area contributed by atoms with Crippen LogP contribution in [0.3, 0.4) is 0 Å². The molecule has 3 nitrogen and oxygen atoms in total. The normalized spacial score (nSPS) is 11.4. The second-order valence-corrected chi connectivity index (χ2v) is 4.68. The molecule has 0 radical (unpaired) electrons. The van der Waals surface area contributed by atoms with Crippen molar-refractivity contribution in [2.24, 2.45) is 0 Å². The first kappa shape index (κ1) is 11.9. The predicted octanol–water partition coefficient (Wildman–Crippen LogP) is 2.27. The molecule has 1 rings (SSSR count). The lowest BCUT2D eigenvalue weighted by atomic mass is 10.1. The molecular formula is C10H11FO3S. The van der Waals surface area contributed by atoms with Gasteiger partial charge in [0.1, 0.15) is 0 Å². The van der Waals surface area contributed by atoms with E-state index in [0.29, 0.717) is 5.56 Å². The molecule has 0 heterocycles. The zero-order valence-electron chi connectivity index (χ0n) is 8.20. The van der Waals surface area contributed by atoms with Crippen LogP contribution in [-0.2, 0) is 16.5 Å². The maximum Gasteiger partial charge on any atom is 0.294 e. The third-order valence-electron chi connectivity index (χ3n) is 2.00. The van der Waals surface area contributed by atoms with Crippen LogP contribution in [0.5, 0.6) is 0 Å². The molecule has 0 unspecified atom stereocenters. The Morgan fingerprint density at radius 3 is 2.60 bits per heavy atom. The highest BCUT2D eigenvalue weighted by Gasteiger charge is 2.11. The van der Waals surface area contributed by atoms with E-state index in [0.717, 1.165) is 5.56 Å². The fourth-order valence-corrected chi connectivity index (χ4v) is 1.74. The summed E-state index contributed by atoms with van der Waals surface area (Å²) in [6.45, 7) is 4.83. The molecule has 1 aromatic rings. The van der Waals surface area contributed by atoms with Crippen LogP contribution in [0.4, 0.5) is 4.39 Å². The lowest BCUT2D eigenvalue weighted by Crippen LogP contribution is -2.00. The zero-order valence-corrected chi connectivity index (χ0v) is 9.01. The van der Waals surface area contributed by atoms with Crippen LogP contribution in [0, 0.1) is 6.92 Å². The summed E-state index contributed by atoms with van der Waals surface area (Å²) in [7, 11) is -4.23. The van der Waals surface area contributed by atoms with Crippen LogP contribution in [-0.4, -0.2) is 13.0 Å². The van der Waals surface area contributed by atoms with Gasteiger partial charge in [-0.1, -0.05) is 12.6 Å². The van der Waals surface area contributed by atoms with Crippen molar-refractivity contribution < 1.29 is 17.4 Å². The van der Waals surface area contributed by atoms with Crippen LogP contribution in [0.1, 0.15) is 11.1 Å². The molecule has 15 heavy (non-hydrogen) atoms. The molecule has 0 aromatic heterocycles. The third kappa shape index (κ3) is 3.14. The Kier molecular flexibility index (Phi) is 3.26. The summed E-state index contributed by atoms with van der Waals surface area (Å²) >= 11 is 0. The third-order valence-corrected chi connectivity index (χ3v) is 2.85. The second kappa shape index (κ2) is 4.12. The minimum absolute atomic E-state index is 0.0464. The van der Waals surface area contributed by atoms with Crippen molar-refractivity contribution in [3.05, 3.63) is 41.7 Å². The maximum atomic E-state index is 12.6. The van der Waals surface area contributed by atoms with E-state index in [-0.39, 0.29) is 11.3 Å². The van der Waals surface area contributed by atoms with Crippen LogP contribution in [0.15, 0.2) is 35.5 Å². The Balaban J connectivity index is 3.23. The van der Waals surface area contributed by atoms with Crippen molar-refractivity contribution >= 4 is 10.1 Å². The fourth-order valence-electron chi connectivity index (χ4n) is 1.21. The first-order valence-corrected chi connectivity index (χ1v) is 5.65. The van der Waals surface area contributed by atoms with Crippen molar-refractivity contribution in [1.82, 2.24) is 0 Å². The zero-order chi connectivity index (χ0) is 11.6. The highest BCUT2D eigenvalue weighted by molar-refractivity contribution is 7.85. The molecule has 0 aliphatic heterocycles. The summed E-state index contributed by atoms with van der Waals surface area (Å²) in [4.78, 5) is -0.232. The largest absolute Gasteiger partial charge is 0.294 e. The molecule has 0 aliphatic carbocycles. The van der Waals surface area contributed by atoms with Gasteiger partial charge in [-0.25, -0.2) is 4.39 Å². The molecule has 0 atom stereocenters. The summed E-state index contributed by atoms with van der Waals surface area (Å²) < 4.78 is 43.0. The summed E-state index contributed by atoms with van der Waals surface area (Å²) in [6.07, 6.45) is -0.0464. The number of hydrogen-bond acceptors (Lipinski definition) is 2. The van der Waals surface area contributed by atoms with E-state index in [1.165, 1.54) is 18.2 Å². The SMILES string of the molecule is C=C(F)Cc1cc(S(=O)(=O)O)ccc1C. The van der Waals surface area contributed by atoms with Crippen LogP contribution in [0.25, 0.3) is 0 Å². The number of allylic oxidation sites excluding steroid dienone is 1. The molecule has 0 spiro atoms. The van der Waals surface area contributed by atoms with Crippen molar-refractivity contribution in [1.29, 1.82) is 0 Å². The van der Waals surface area contributed by atoms with Gasteiger partial charge in [0.05, 0.1) is 10.7 Å². The van der Waals surface area contributed by atoms with Crippen molar-refractivity contribution in [2.45, 2.75) is 18.2 Å². The van der Waals surface area contributed by atoms with Crippen LogP contribution >= 0.6 is 0 Å². The average Bonchev–Trinajstić information content (AvgIpc) is 2.06. The van der Waals surface area contributed by atoms with E-state index in [1.54, 1.807) is 6.92 Å². The van der Waals surface area contributed by atoms with Gasteiger partial charge < -0.3 is 0 Å². The Morgan fingerprint density at radius 2 is 2.13 bits per heavy atom. The van der Waals surface area contributed by atoms with Gasteiger partial charge in [-0.05, 0) is 30.2 Å². The minimum atomic E-state index is -4.23. The fraction of sp³-hybridized carbons (Fsp3) is 0.200. The van der Waals surface area contributed by atoms with Gasteiger partial charge in [-0.15, -0.1) is 0 Å². The Bertz CT molecular complexity index is 491. The lowest BCUT2D eigenvalue weighted by molar-refractivity contribution is 0.483. The van der Waals surface area contributed by atoms with Gasteiger partial charge in [0, 0.05) is 6.42 Å². The topological polar surface area (TPSA) is 54.4 Å². The van der Waals surface area contributed by atoms with Gasteiger partial charge in [0.25, 0.3) is 10.1 Å². The van der Waals surface area contributed by atoms with E-state index >= 15 is 0 Å². The molecule has 0 fully saturated rings. The maximum absolute atomic E-state index is 12.6. The quantitative estimate of drug-likeness (QED) is 0.810. The van der Waals surface area contributed by atoms with Gasteiger partial charge in [0.15, 0.2) is 0 Å². The molecule has 0 saturated carbocycles. The average molecular weight is 230 g/mol. The smallest absolute Gasteiger partial charge is 0.282 e. The van der Waals surface area contributed by atoms with Crippen molar-refractivity contribution in [3.63, 3.8) is 0 Å². The molecule has 0 saturated heterocycles. The number of aryl methyl sites for hydroxylation is 1. The number of benzene rings is 1. The summed E-state index contributed by atoms with van der Waals surface area (Å²) in [5.41, 5.74) is 1.25. The number of hydrogen-bond donors (Lipinski definition) is 1. The highest BCUT2D eigenvalue weighted by Crippen LogP contribution is 2.18. The number of rotatable bonds is 3. The van der Waals surface area contributed by atoms with E-state index in [1.807, 2.05) is 0 Å². The van der Waals surface area contributed by atoms with Crippen molar-refractivity contribution in [3.8, 4) is 0 Å². The standard InChI is InChI=1S/C10H11FO3S/c1-7-3-4-10(15(12,13)14)6-9(7)5-8(2)11/h3-4,6H,2,5H2,1H3,(H,12,13,14). The van der Waals surface area contributed by atoms with Crippen LogP contribution in [0.2, 0.25) is 0 Å². The first-order chi connectivity index (χ1) is 6.80. The van der Waals surface area contributed by atoms with E-state index in [4.69, 9.17) is 4.55 Å². The highest BCUT2D eigenvalue weighted by atomic mass is 32.2. The van der Waals surface area contributed by atoms with E-state index in [9.17, 15) is 12.8 Å². The molecule has 1 aromatic carbocycles. The molecule has 0 aliphatic rings. The van der Waals surface area contributed by atoms with Gasteiger partial charge in [0.2, 0.25) is 0 Å². The minimum Gasteiger partial charge on any atom is -0.282 e. The Hall–Kier alpha value is -1.20. The summed E-state index contributed by atoms with van der Waals surface area (Å²) in [5, 5.41) is 0. The van der Waals surface area contributed by atoms with E-state index < -0.39 is 15.9 Å². The van der Waals surface area contributed by atoms with Gasteiger partial charge >= 0.3 is 0 Å². The second-order valence-electron chi connectivity index (χ2n) is 3.26. The predicted molar refractivity (Wildman–Crippen MR) is 54.9 cm³/mol. The molecule has 82 valence electrons. The Morgan fingerprint density at radius 1 is 1.53 bits per heavy atom. The summed E-state index contributed by atoms with van der Waals surface area (Å²) in [6, 6.07) is 4.03. The molecule has 0 amide bonds. The van der Waals surface area contributed by atoms with Crippen molar-refractivity contribution in [2.75, 3.05) is 0 Å². The Labute approximate surface area is 88.0 Å². The van der Waals surface area contributed by atoms with Crippen LogP contribution < -0.4 is 0 Å². The van der Waals surface area contributed by atoms with Gasteiger partial charge in [-0.2, -0.15) is 8.42 Å². The van der Waals surface area contributed by atoms with Gasteiger partial charge in [-0.3, -0.25) is 4.55 Å². The molecule has 1 N–H and O–H groups in total. The number of halogens is 1. The molecule has 5 heteroatoms.